The van der Waals surface area contributed by atoms with Crippen molar-refractivity contribution in [3.05, 3.63) is 89.5 Å². The maximum absolute atomic E-state index is 13.4. The Morgan fingerprint density at radius 2 is 1.72 bits per heavy atom. The molecule has 1 aromatic heterocycles. The van der Waals surface area contributed by atoms with Crippen LogP contribution in [0.5, 0.6) is 5.75 Å². The molecule has 0 amide bonds. The third-order valence-electron chi connectivity index (χ3n) is 5.09. The van der Waals surface area contributed by atoms with Crippen LogP contribution in [-0.2, 0) is 4.74 Å². The van der Waals surface area contributed by atoms with E-state index in [0.29, 0.717) is 29.1 Å². The van der Waals surface area contributed by atoms with Crippen LogP contribution in [0.4, 0.5) is 0 Å². The van der Waals surface area contributed by atoms with Gasteiger partial charge in [0.25, 0.3) is 0 Å². The second kappa shape index (κ2) is 7.22. The molecule has 4 nitrogen and oxygen atoms in total. The van der Waals surface area contributed by atoms with Crippen LogP contribution in [0.15, 0.2) is 77.2 Å². The van der Waals surface area contributed by atoms with Crippen molar-refractivity contribution in [3.63, 3.8) is 0 Å². The molecule has 2 heterocycles. The Hall–Kier alpha value is -3.37. The normalized spacial score (nSPS) is 15.4. The number of furan rings is 1. The molecule has 0 N–H and O–H groups in total. The summed E-state index contributed by atoms with van der Waals surface area (Å²) in [6.45, 7) is 3.33. The lowest BCUT2D eigenvalue weighted by Crippen LogP contribution is -2.04. The van der Waals surface area contributed by atoms with E-state index in [1.54, 1.807) is 0 Å². The minimum atomic E-state index is -0.0452. The standard InChI is InChI=1S/C25H20O4/c1-16-6-8-17(9-7-16)24(26)23-21-4-2-3-5-22(21)29-25(23)18-10-12-19(13-11-18)27-14-20-15-28-20/h2-13,20H,14-15H2,1H3. The van der Waals surface area contributed by atoms with Crippen LogP contribution in [0.3, 0.4) is 0 Å². The fraction of sp³-hybridized carbons (Fsp3) is 0.160. The Labute approximate surface area is 168 Å². The molecule has 3 aromatic carbocycles. The molecule has 29 heavy (non-hydrogen) atoms. The van der Waals surface area contributed by atoms with Crippen LogP contribution < -0.4 is 4.74 Å². The minimum Gasteiger partial charge on any atom is -0.491 e. The quantitative estimate of drug-likeness (QED) is 0.329. The summed E-state index contributed by atoms with van der Waals surface area (Å²) >= 11 is 0. The maximum atomic E-state index is 13.4. The van der Waals surface area contributed by atoms with Gasteiger partial charge in [0.05, 0.1) is 12.2 Å². The molecule has 1 aliphatic heterocycles. The van der Waals surface area contributed by atoms with E-state index >= 15 is 0 Å². The fourth-order valence-electron chi connectivity index (χ4n) is 3.38. The van der Waals surface area contributed by atoms with Gasteiger partial charge in [-0.2, -0.15) is 0 Å². The summed E-state index contributed by atoms with van der Waals surface area (Å²) in [7, 11) is 0. The molecule has 0 bridgehead atoms. The highest BCUT2D eigenvalue weighted by atomic mass is 16.6. The molecule has 4 aromatic rings. The monoisotopic (exact) mass is 384 g/mol. The number of hydrogen-bond acceptors (Lipinski definition) is 4. The Balaban J connectivity index is 1.55. The van der Waals surface area contributed by atoms with Gasteiger partial charge < -0.3 is 13.9 Å². The average Bonchev–Trinajstić information content (AvgIpc) is 3.51. The van der Waals surface area contributed by atoms with Gasteiger partial charge >= 0.3 is 0 Å². The molecule has 0 saturated carbocycles. The van der Waals surface area contributed by atoms with Gasteiger partial charge in [-0.15, -0.1) is 0 Å². The average molecular weight is 384 g/mol. The minimum absolute atomic E-state index is 0.0452. The first-order chi connectivity index (χ1) is 14.2. The molecule has 1 unspecified atom stereocenters. The van der Waals surface area contributed by atoms with Gasteiger partial charge in [-0.1, -0.05) is 48.0 Å². The molecular weight excluding hydrogens is 364 g/mol. The number of hydrogen-bond donors (Lipinski definition) is 0. The summed E-state index contributed by atoms with van der Waals surface area (Å²) in [5, 5.41) is 0.819. The molecule has 1 saturated heterocycles. The Morgan fingerprint density at radius 1 is 1.00 bits per heavy atom. The van der Waals surface area contributed by atoms with Gasteiger partial charge in [-0.25, -0.2) is 0 Å². The van der Waals surface area contributed by atoms with E-state index in [1.165, 1.54) is 0 Å². The molecular formula is C25H20O4. The van der Waals surface area contributed by atoms with Gasteiger partial charge in [-0.3, -0.25) is 4.79 Å². The molecule has 4 heteroatoms. The Bertz CT molecular complexity index is 1170. The summed E-state index contributed by atoms with van der Waals surface area (Å²) in [5.74, 6) is 1.30. The summed E-state index contributed by atoms with van der Waals surface area (Å²) in [6, 6.07) is 22.9. The van der Waals surface area contributed by atoms with Crippen LogP contribution in [0.1, 0.15) is 21.5 Å². The van der Waals surface area contributed by atoms with Gasteiger partial charge in [0, 0.05) is 16.5 Å². The second-order valence-electron chi connectivity index (χ2n) is 7.29. The van der Waals surface area contributed by atoms with Gasteiger partial charge in [-0.05, 0) is 37.3 Å². The molecule has 1 aliphatic rings. The Kier molecular flexibility index (Phi) is 4.41. The van der Waals surface area contributed by atoms with Crippen molar-refractivity contribution in [1.29, 1.82) is 0 Å². The summed E-state index contributed by atoms with van der Waals surface area (Å²) in [4.78, 5) is 13.4. The second-order valence-corrected chi connectivity index (χ2v) is 7.29. The molecule has 144 valence electrons. The lowest BCUT2D eigenvalue weighted by molar-refractivity contribution is 0.104. The topological polar surface area (TPSA) is 52.0 Å². The number of ketones is 1. The molecule has 1 atom stereocenters. The van der Waals surface area contributed by atoms with E-state index < -0.39 is 0 Å². The molecule has 0 aliphatic carbocycles. The largest absolute Gasteiger partial charge is 0.491 e. The lowest BCUT2D eigenvalue weighted by atomic mass is 9.97. The third-order valence-corrected chi connectivity index (χ3v) is 5.09. The number of aryl methyl sites for hydroxylation is 1. The van der Waals surface area contributed by atoms with E-state index in [9.17, 15) is 4.79 Å². The molecule has 0 radical (unpaired) electrons. The van der Waals surface area contributed by atoms with Crippen molar-refractivity contribution in [2.24, 2.45) is 0 Å². The zero-order chi connectivity index (χ0) is 19.8. The number of fused-ring (bicyclic) bond motifs is 1. The van der Waals surface area contributed by atoms with E-state index in [0.717, 1.165) is 28.9 Å². The number of benzene rings is 3. The molecule has 1 fully saturated rings. The first kappa shape index (κ1) is 17.7. The van der Waals surface area contributed by atoms with E-state index in [4.69, 9.17) is 13.9 Å². The first-order valence-electron chi connectivity index (χ1n) is 9.67. The van der Waals surface area contributed by atoms with E-state index in [2.05, 4.69) is 0 Å². The number of carbonyl (C=O) groups excluding carboxylic acids is 1. The van der Waals surface area contributed by atoms with Crippen LogP contribution in [0.25, 0.3) is 22.3 Å². The number of carbonyl (C=O) groups is 1. The van der Waals surface area contributed by atoms with Crippen molar-refractivity contribution in [3.8, 4) is 17.1 Å². The van der Waals surface area contributed by atoms with Crippen LogP contribution in [0, 0.1) is 6.92 Å². The maximum Gasteiger partial charge on any atom is 0.197 e. The highest BCUT2D eigenvalue weighted by molar-refractivity contribution is 6.19. The number of epoxide rings is 1. The zero-order valence-corrected chi connectivity index (χ0v) is 16.1. The van der Waals surface area contributed by atoms with Crippen molar-refractivity contribution in [2.75, 3.05) is 13.2 Å². The van der Waals surface area contributed by atoms with Crippen molar-refractivity contribution in [1.82, 2.24) is 0 Å². The summed E-state index contributed by atoms with van der Waals surface area (Å²) < 4.78 is 17.0. The van der Waals surface area contributed by atoms with E-state index in [1.807, 2.05) is 79.7 Å². The van der Waals surface area contributed by atoms with Crippen LogP contribution in [-0.4, -0.2) is 25.1 Å². The number of para-hydroxylation sites is 1. The highest BCUT2D eigenvalue weighted by Crippen LogP contribution is 2.36. The first-order valence-corrected chi connectivity index (χ1v) is 9.67. The smallest absolute Gasteiger partial charge is 0.197 e. The van der Waals surface area contributed by atoms with E-state index in [-0.39, 0.29) is 11.9 Å². The SMILES string of the molecule is Cc1ccc(C(=O)c2c(-c3ccc(OCC4CO4)cc3)oc3ccccc23)cc1. The lowest BCUT2D eigenvalue weighted by Gasteiger charge is -2.07. The van der Waals surface area contributed by atoms with Crippen molar-refractivity contribution >= 4 is 16.8 Å². The Morgan fingerprint density at radius 3 is 2.45 bits per heavy atom. The number of rotatable bonds is 6. The van der Waals surface area contributed by atoms with Crippen molar-refractivity contribution in [2.45, 2.75) is 13.0 Å². The van der Waals surface area contributed by atoms with Crippen LogP contribution in [0.2, 0.25) is 0 Å². The van der Waals surface area contributed by atoms with Crippen LogP contribution >= 0.6 is 0 Å². The fourth-order valence-corrected chi connectivity index (χ4v) is 3.38. The van der Waals surface area contributed by atoms with Crippen molar-refractivity contribution < 1.29 is 18.7 Å². The predicted molar refractivity (Wildman–Crippen MR) is 111 cm³/mol. The molecule has 5 rings (SSSR count). The predicted octanol–water partition coefficient (Wildman–Crippen LogP) is 5.42. The van der Waals surface area contributed by atoms with Gasteiger partial charge in [0.2, 0.25) is 0 Å². The van der Waals surface area contributed by atoms with Gasteiger partial charge in [0.15, 0.2) is 5.78 Å². The summed E-state index contributed by atoms with van der Waals surface area (Å²) in [5.41, 5.74) is 3.89. The third kappa shape index (κ3) is 3.55. The van der Waals surface area contributed by atoms with Gasteiger partial charge in [0.1, 0.15) is 29.8 Å². The summed E-state index contributed by atoms with van der Waals surface area (Å²) in [6.07, 6.45) is 0.212. The molecule has 0 spiro atoms. The zero-order valence-electron chi connectivity index (χ0n) is 16.1. The highest BCUT2D eigenvalue weighted by Gasteiger charge is 2.24. The number of ether oxygens (including phenoxy) is 2.